The van der Waals surface area contributed by atoms with Crippen molar-refractivity contribution in [3.8, 4) is 45.2 Å². The summed E-state index contributed by atoms with van der Waals surface area (Å²) in [6.07, 6.45) is 5.36. The second kappa shape index (κ2) is 17.5. The van der Waals surface area contributed by atoms with Gasteiger partial charge in [-0.3, -0.25) is 4.98 Å². The van der Waals surface area contributed by atoms with Crippen LogP contribution in [0.15, 0.2) is 170 Å². The van der Waals surface area contributed by atoms with Crippen LogP contribution in [-0.2, 0) is 20.1 Å². The van der Waals surface area contributed by atoms with Gasteiger partial charge in [0.25, 0.3) is 0 Å². The Labute approximate surface area is 299 Å². The van der Waals surface area contributed by atoms with E-state index in [1.165, 1.54) is 0 Å². The molecule has 0 amide bonds. The first-order valence-electron chi connectivity index (χ1n) is 14.6. The van der Waals surface area contributed by atoms with Gasteiger partial charge in [-0.2, -0.15) is 0 Å². The Balaban J connectivity index is 0.000000188. The number of benzene rings is 3. The predicted octanol–water partition coefficient (Wildman–Crippen LogP) is 12.3. The molecule has 0 fully saturated rings. The van der Waals surface area contributed by atoms with Crippen molar-refractivity contribution in [1.82, 2.24) is 19.9 Å². The number of nitrogens with zero attached hydrogens (tertiary/aromatic N) is 4. The van der Waals surface area contributed by atoms with Gasteiger partial charge in [0.2, 0.25) is 0 Å². The number of aromatic nitrogens is 4. The van der Waals surface area contributed by atoms with Crippen molar-refractivity contribution in [1.29, 1.82) is 0 Å². The van der Waals surface area contributed by atoms with Gasteiger partial charge < -0.3 is 9.97 Å². The van der Waals surface area contributed by atoms with Gasteiger partial charge in [-0.05, 0) is 47.8 Å². The Kier molecular flexibility index (Phi) is 13.8. The molecule has 0 saturated heterocycles. The van der Waals surface area contributed by atoms with Crippen LogP contribution < -0.4 is 0 Å². The van der Waals surface area contributed by atoms with Gasteiger partial charge >= 0.3 is 33.0 Å². The van der Waals surface area contributed by atoms with Crippen LogP contribution in [0.25, 0.3) is 45.2 Å². The molecule has 0 atom stereocenters. The Bertz CT molecular complexity index is 1760. The van der Waals surface area contributed by atoms with Crippen molar-refractivity contribution in [2.45, 2.75) is 0 Å². The Hall–Kier alpha value is -5.08. The molecule has 0 aliphatic heterocycles. The summed E-state index contributed by atoms with van der Waals surface area (Å²) >= 11 is 0. The molecular formula is C38H28F6IrN4P-3. The second-order valence-electron chi connectivity index (χ2n) is 9.93. The summed E-state index contributed by atoms with van der Waals surface area (Å²) in [5, 5.41) is 0. The van der Waals surface area contributed by atoms with Crippen molar-refractivity contribution in [2.75, 3.05) is 0 Å². The Morgan fingerprint density at radius 2 is 0.760 bits per heavy atom. The number of hydrogen-bond acceptors (Lipinski definition) is 4. The van der Waals surface area contributed by atoms with E-state index in [0.29, 0.717) is 0 Å². The molecule has 1 radical (unpaired) electrons. The summed E-state index contributed by atoms with van der Waals surface area (Å²) < 4.78 is 59.2. The number of rotatable bonds is 4. The molecule has 50 heavy (non-hydrogen) atoms. The van der Waals surface area contributed by atoms with Crippen LogP contribution >= 0.6 is 7.81 Å². The summed E-state index contributed by atoms with van der Waals surface area (Å²) in [5.74, 6) is 0. The molecule has 4 heterocycles. The van der Waals surface area contributed by atoms with E-state index in [4.69, 9.17) is 0 Å². The van der Waals surface area contributed by atoms with E-state index >= 15 is 0 Å². The summed E-state index contributed by atoms with van der Waals surface area (Å²) in [7, 11) is -10.7. The number of hydrogen-bond donors (Lipinski definition) is 0. The molecule has 0 spiro atoms. The molecule has 4 aromatic heterocycles. The van der Waals surface area contributed by atoms with Gasteiger partial charge in [-0.1, -0.05) is 66.7 Å². The van der Waals surface area contributed by atoms with E-state index in [0.717, 1.165) is 45.2 Å². The summed E-state index contributed by atoms with van der Waals surface area (Å²) in [6.45, 7) is 0. The molecule has 0 unspecified atom stereocenters. The molecule has 259 valence electrons. The molecular weight excluding hydrogens is 850 g/mol. The third kappa shape index (κ3) is 15.9. The van der Waals surface area contributed by atoms with Crippen LogP contribution in [0.2, 0.25) is 0 Å². The van der Waals surface area contributed by atoms with Crippen LogP contribution in [0.1, 0.15) is 0 Å². The van der Waals surface area contributed by atoms with Crippen LogP contribution in [0, 0.1) is 12.1 Å². The molecule has 0 N–H and O–H groups in total. The fourth-order valence-electron chi connectivity index (χ4n) is 4.01. The SMILES string of the molecule is F[P-](F)(F)(F)(F)F.[Ir].[c-]1ccccc1-c1ccccn1.[c-]1ccccc1-c1ccccn1.c1ccc(-c2cccc(-c3ccccn3)n2)cc1. The fraction of sp³-hybridized carbons (Fsp3) is 0. The van der Waals surface area contributed by atoms with Crippen LogP contribution in [0.3, 0.4) is 0 Å². The molecule has 0 aliphatic rings. The first kappa shape index (κ1) is 39.4. The van der Waals surface area contributed by atoms with Crippen LogP contribution in [0.5, 0.6) is 0 Å². The van der Waals surface area contributed by atoms with Gasteiger partial charge in [0, 0.05) is 44.3 Å². The molecule has 7 aromatic rings. The molecule has 0 bridgehead atoms. The normalized spacial score (nSPS) is 11.6. The first-order chi connectivity index (χ1) is 23.3. The van der Waals surface area contributed by atoms with Crippen LogP contribution in [-0.4, -0.2) is 19.9 Å². The van der Waals surface area contributed by atoms with Gasteiger partial charge in [0.05, 0.1) is 17.1 Å². The van der Waals surface area contributed by atoms with E-state index in [9.17, 15) is 25.2 Å². The number of halogens is 6. The van der Waals surface area contributed by atoms with Gasteiger partial charge in [0.1, 0.15) is 0 Å². The maximum Gasteiger partial charge on any atom is 0.0893 e. The Morgan fingerprint density at radius 3 is 1.16 bits per heavy atom. The Morgan fingerprint density at radius 1 is 0.380 bits per heavy atom. The molecule has 4 nitrogen and oxygen atoms in total. The van der Waals surface area contributed by atoms with E-state index in [-0.39, 0.29) is 20.1 Å². The van der Waals surface area contributed by atoms with Gasteiger partial charge in [-0.25, -0.2) is 4.98 Å². The van der Waals surface area contributed by atoms with Crippen molar-refractivity contribution >= 4 is 7.81 Å². The summed E-state index contributed by atoms with van der Waals surface area (Å²) in [6, 6.07) is 55.7. The number of pyridine rings is 4. The largest absolute Gasteiger partial charge is 0.305 e. The van der Waals surface area contributed by atoms with Crippen molar-refractivity contribution < 1.29 is 45.3 Å². The monoisotopic (exact) mass is 878 g/mol. The average Bonchev–Trinajstić information content (AvgIpc) is 3.13. The minimum atomic E-state index is -10.7. The smallest absolute Gasteiger partial charge is 0.0893 e. The third-order valence-electron chi connectivity index (χ3n) is 6.05. The second-order valence-corrected chi connectivity index (χ2v) is 11.8. The predicted molar refractivity (Wildman–Crippen MR) is 183 cm³/mol. The zero-order chi connectivity index (χ0) is 35.1. The van der Waals surface area contributed by atoms with Crippen molar-refractivity contribution in [3.05, 3.63) is 182 Å². The van der Waals surface area contributed by atoms with Crippen molar-refractivity contribution in [2.24, 2.45) is 0 Å². The van der Waals surface area contributed by atoms with E-state index in [2.05, 4.69) is 44.2 Å². The maximum absolute atomic E-state index is 10.7. The average molecular weight is 878 g/mol. The minimum Gasteiger partial charge on any atom is -0.305 e. The van der Waals surface area contributed by atoms with E-state index in [1.54, 1.807) is 18.6 Å². The van der Waals surface area contributed by atoms with Crippen molar-refractivity contribution in [3.63, 3.8) is 0 Å². The first-order valence-corrected chi connectivity index (χ1v) is 16.6. The van der Waals surface area contributed by atoms with E-state index < -0.39 is 7.81 Å². The standard InChI is InChI=1S/C16H12N2.2C11H8N.F6P.Ir/c1-2-7-13(8-3-1)14-10-6-11-16(18-14)15-9-4-5-12-17-15;2*1-2-6-10(7-3-1)11-8-4-5-9-12-11;1-7(2,3,4,5)6;/h1-12H;2*1-6,8-9H;;/q;3*-1;. The summed E-state index contributed by atoms with van der Waals surface area (Å²) in [5.41, 5.74) is 7.91. The van der Waals surface area contributed by atoms with Gasteiger partial charge in [0.15, 0.2) is 0 Å². The topological polar surface area (TPSA) is 51.6 Å². The zero-order valence-electron chi connectivity index (χ0n) is 26.0. The third-order valence-corrected chi connectivity index (χ3v) is 6.05. The summed E-state index contributed by atoms with van der Waals surface area (Å²) in [4.78, 5) is 17.4. The van der Waals surface area contributed by atoms with Crippen LogP contribution in [0.4, 0.5) is 25.2 Å². The van der Waals surface area contributed by atoms with Gasteiger partial charge in [-0.15, -0.1) is 71.8 Å². The minimum absolute atomic E-state index is 0. The fourth-order valence-corrected chi connectivity index (χ4v) is 4.01. The maximum atomic E-state index is 9.87. The zero-order valence-corrected chi connectivity index (χ0v) is 29.3. The molecule has 12 heteroatoms. The molecule has 7 rings (SSSR count). The molecule has 3 aromatic carbocycles. The molecule has 0 aliphatic carbocycles. The van der Waals surface area contributed by atoms with E-state index in [1.807, 2.05) is 140 Å². The molecule has 0 saturated carbocycles. The quantitative estimate of drug-likeness (QED) is 0.100.